The summed E-state index contributed by atoms with van der Waals surface area (Å²) in [5.74, 6) is 2.13. The summed E-state index contributed by atoms with van der Waals surface area (Å²) >= 11 is 12.3. The number of hydrogen-bond donors (Lipinski definition) is 2. The van der Waals surface area contributed by atoms with Gasteiger partial charge >= 0.3 is 5.97 Å². The molecular weight excluding hydrogens is 473 g/mol. The first kappa shape index (κ1) is 23.6. The Bertz CT molecular complexity index is 1060. The number of aromatic nitrogens is 2. The number of carbonyl (C=O) groups is 1. The molecule has 34 heavy (non-hydrogen) atoms. The van der Waals surface area contributed by atoms with E-state index < -0.39 is 5.97 Å². The molecule has 2 N–H and O–H groups in total. The number of halogens is 2. The molecule has 1 aliphatic carbocycles. The third kappa shape index (κ3) is 4.97. The highest BCUT2D eigenvalue weighted by atomic mass is 35.5. The number of nitrogens with zero attached hydrogens (tertiary/aromatic N) is 4. The number of anilines is 2. The van der Waals surface area contributed by atoms with Crippen LogP contribution in [0.4, 0.5) is 11.8 Å². The van der Waals surface area contributed by atoms with Crippen molar-refractivity contribution in [2.75, 3.05) is 36.4 Å². The first-order valence-electron chi connectivity index (χ1n) is 12.1. The number of carboxylic acid groups (broad SMARTS) is 1. The van der Waals surface area contributed by atoms with E-state index in [9.17, 15) is 9.90 Å². The predicted octanol–water partition coefficient (Wildman–Crippen LogP) is 4.72. The van der Waals surface area contributed by atoms with E-state index in [1.807, 2.05) is 25.3 Å². The normalized spacial score (nSPS) is 25.5. The Morgan fingerprint density at radius 2 is 2.00 bits per heavy atom. The largest absolute Gasteiger partial charge is 0.481 e. The van der Waals surface area contributed by atoms with E-state index in [4.69, 9.17) is 28.2 Å². The van der Waals surface area contributed by atoms with Gasteiger partial charge in [-0.1, -0.05) is 29.3 Å². The molecule has 0 spiro atoms. The van der Waals surface area contributed by atoms with Crippen LogP contribution in [0.3, 0.4) is 0 Å². The quantitative estimate of drug-likeness (QED) is 0.565. The third-order valence-electron chi connectivity index (χ3n) is 7.75. The monoisotopic (exact) mass is 503 g/mol. The summed E-state index contributed by atoms with van der Waals surface area (Å²) in [6, 6.07) is 5.97. The highest BCUT2D eigenvalue weighted by molar-refractivity contribution is 6.35. The summed E-state index contributed by atoms with van der Waals surface area (Å²) in [4.78, 5) is 25.3. The zero-order valence-corrected chi connectivity index (χ0v) is 20.9. The second-order valence-corrected chi connectivity index (χ2v) is 10.9. The molecule has 1 saturated carbocycles. The molecule has 0 bridgehead atoms. The Morgan fingerprint density at radius 3 is 2.74 bits per heavy atom. The lowest BCUT2D eigenvalue weighted by atomic mass is 9.76. The van der Waals surface area contributed by atoms with Gasteiger partial charge in [0.15, 0.2) is 0 Å². The Kier molecular flexibility index (Phi) is 6.87. The molecule has 2 saturated heterocycles. The van der Waals surface area contributed by atoms with Crippen molar-refractivity contribution in [3.63, 3.8) is 0 Å². The van der Waals surface area contributed by atoms with Crippen molar-refractivity contribution in [2.24, 2.45) is 17.8 Å². The van der Waals surface area contributed by atoms with Crippen molar-refractivity contribution in [1.82, 2.24) is 14.9 Å². The highest BCUT2D eigenvalue weighted by Crippen LogP contribution is 2.38. The van der Waals surface area contributed by atoms with Gasteiger partial charge in [0.05, 0.1) is 5.92 Å². The van der Waals surface area contributed by atoms with Crippen LogP contribution in [0.5, 0.6) is 0 Å². The predicted molar refractivity (Wildman–Crippen MR) is 135 cm³/mol. The Morgan fingerprint density at radius 1 is 1.21 bits per heavy atom. The zero-order valence-electron chi connectivity index (χ0n) is 19.4. The van der Waals surface area contributed by atoms with E-state index in [0.717, 1.165) is 61.9 Å². The van der Waals surface area contributed by atoms with Crippen LogP contribution in [0.15, 0.2) is 24.4 Å². The molecule has 0 amide bonds. The number of aliphatic carboxylic acids is 1. The first-order chi connectivity index (χ1) is 16.4. The fraction of sp³-hybridized carbons (Fsp3) is 0.560. The Balaban J connectivity index is 1.15. The van der Waals surface area contributed by atoms with E-state index in [2.05, 4.69) is 20.1 Å². The lowest BCUT2D eigenvalue weighted by Crippen LogP contribution is -2.56. The molecular formula is C25H31Cl2N5O2. The second kappa shape index (κ2) is 9.88. The SMILES string of the molecule is Cc1cnc(N2CC(C3CCCN(C4CC(C(=O)O)C4)C3)C2)nc1NCc1ccc(Cl)cc1Cl. The molecule has 3 aliphatic rings. The first-order valence-corrected chi connectivity index (χ1v) is 12.9. The van der Waals surface area contributed by atoms with Crippen molar-refractivity contribution in [3.8, 4) is 0 Å². The number of carboxylic acids is 1. The van der Waals surface area contributed by atoms with Crippen LogP contribution < -0.4 is 10.2 Å². The maximum Gasteiger partial charge on any atom is 0.306 e. The highest BCUT2D eigenvalue weighted by Gasteiger charge is 2.42. The summed E-state index contributed by atoms with van der Waals surface area (Å²) in [6.45, 7) is 6.73. The zero-order chi connectivity index (χ0) is 23.8. The molecule has 1 atom stereocenters. The number of aryl methyl sites for hydroxylation is 1. The fourth-order valence-electron chi connectivity index (χ4n) is 5.43. The van der Waals surface area contributed by atoms with Crippen LogP contribution in [-0.2, 0) is 11.3 Å². The average molecular weight is 504 g/mol. The van der Waals surface area contributed by atoms with Gasteiger partial charge in [-0.15, -0.1) is 0 Å². The molecule has 3 heterocycles. The fourth-order valence-corrected chi connectivity index (χ4v) is 5.90. The van der Waals surface area contributed by atoms with Crippen LogP contribution in [0.1, 0.15) is 36.8 Å². The number of piperidine rings is 1. The summed E-state index contributed by atoms with van der Waals surface area (Å²) in [6.07, 6.45) is 5.96. The van der Waals surface area contributed by atoms with Crippen LogP contribution >= 0.6 is 23.2 Å². The van der Waals surface area contributed by atoms with E-state index in [-0.39, 0.29) is 5.92 Å². The summed E-state index contributed by atoms with van der Waals surface area (Å²) in [5.41, 5.74) is 1.96. The molecule has 1 unspecified atom stereocenters. The maximum absolute atomic E-state index is 11.1. The maximum atomic E-state index is 11.1. The van der Waals surface area contributed by atoms with Crippen molar-refractivity contribution >= 4 is 40.9 Å². The van der Waals surface area contributed by atoms with Crippen molar-refractivity contribution in [3.05, 3.63) is 45.6 Å². The number of benzene rings is 1. The van der Waals surface area contributed by atoms with Crippen molar-refractivity contribution in [2.45, 2.75) is 45.2 Å². The molecule has 0 radical (unpaired) electrons. The minimum Gasteiger partial charge on any atom is -0.481 e. The van der Waals surface area contributed by atoms with E-state index in [1.165, 1.54) is 12.8 Å². The summed E-state index contributed by atoms with van der Waals surface area (Å²) < 4.78 is 0. The number of hydrogen-bond acceptors (Lipinski definition) is 6. The van der Waals surface area contributed by atoms with Crippen molar-refractivity contribution in [1.29, 1.82) is 0 Å². The molecule has 7 nitrogen and oxygen atoms in total. The smallest absolute Gasteiger partial charge is 0.306 e. The van der Waals surface area contributed by atoms with Crippen LogP contribution in [-0.4, -0.2) is 58.2 Å². The van der Waals surface area contributed by atoms with Gasteiger partial charge in [0.25, 0.3) is 0 Å². The van der Waals surface area contributed by atoms with E-state index >= 15 is 0 Å². The van der Waals surface area contributed by atoms with Gasteiger partial charge in [-0.2, -0.15) is 4.98 Å². The molecule has 2 aliphatic heterocycles. The van der Waals surface area contributed by atoms with E-state index in [1.54, 1.807) is 6.07 Å². The van der Waals surface area contributed by atoms with Crippen molar-refractivity contribution < 1.29 is 9.90 Å². The van der Waals surface area contributed by atoms with Gasteiger partial charge in [-0.05, 0) is 68.7 Å². The van der Waals surface area contributed by atoms with Crippen LogP contribution in [0.2, 0.25) is 10.0 Å². The topological polar surface area (TPSA) is 81.6 Å². The number of nitrogens with one attached hydrogen (secondary N) is 1. The van der Waals surface area contributed by atoms with Crippen LogP contribution in [0.25, 0.3) is 0 Å². The van der Waals surface area contributed by atoms with E-state index in [0.29, 0.717) is 34.5 Å². The van der Waals surface area contributed by atoms with Gasteiger partial charge in [-0.3, -0.25) is 4.79 Å². The molecule has 9 heteroatoms. The summed E-state index contributed by atoms with van der Waals surface area (Å²) in [7, 11) is 0. The number of likely N-dealkylation sites (tertiary alicyclic amines) is 1. The minimum atomic E-state index is -0.636. The van der Waals surface area contributed by atoms with Gasteiger partial charge in [0, 0.05) is 54.0 Å². The van der Waals surface area contributed by atoms with Gasteiger partial charge < -0.3 is 20.2 Å². The number of rotatable bonds is 7. The molecule has 5 rings (SSSR count). The molecule has 182 valence electrons. The standard InChI is InChI=1S/C25H31Cl2N5O2/c1-15-10-29-25(30-23(15)28-11-16-4-5-20(26)9-22(16)27)32-13-19(14-32)17-3-2-6-31(12-17)21-7-18(8-21)24(33)34/h4-5,9-10,17-19,21H,2-3,6-8,11-14H2,1H3,(H,33,34)(H,28,29,30). The van der Waals surface area contributed by atoms with Gasteiger partial charge in [0.1, 0.15) is 5.82 Å². The molecule has 1 aromatic carbocycles. The molecule has 3 fully saturated rings. The van der Waals surface area contributed by atoms with Crippen LogP contribution in [0, 0.1) is 24.7 Å². The van der Waals surface area contributed by atoms with Gasteiger partial charge in [0.2, 0.25) is 5.95 Å². The lowest BCUT2D eigenvalue weighted by molar-refractivity contribution is -0.147. The summed E-state index contributed by atoms with van der Waals surface area (Å²) in [5, 5.41) is 13.8. The Hall–Kier alpha value is -2.09. The third-order valence-corrected chi connectivity index (χ3v) is 8.33. The molecule has 2 aromatic rings. The average Bonchev–Trinajstić information content (AvgIpc) is 2.73. The van der Waals surface area contributed by atoms with Gasteiger partial charge in [-0.25, -0.2) is 4.98 Å². The Labute approximate surface area is 210 Å². The lowest BCUT2D eigenvalue weighted by Gasteiger charge is -2.50. The molecule has 1 aromatic heterocycles. The second-order valence-electron chi connectivity index (χ2n) is 10.0. The minimum absolute atomic E-state index is 0.137.